The zero-order chi connectivity index (χ0) is 15.3. The predicted octanol–water partition coefficient (Wildman–Crippen LogP) is 2.30. The van der Waals surface area contributed by atoms with Crippen LogP contribution in [0.1, 0.15) is 25.8 Å². The molecule has 7 nitrogen and oxygen atoms in total. The highest BCUT2D eigenvalue weighted by molar-refractivity contribution is 5.78. The van der Waals surface area contributed by atoms with Crippen molar-refractivity contribution in [3.8, 4) is 0 Å². The lowest BCUT2D eigenvalue weighted by Crippen LogP contribution is -2.32. The van der Waals surface area contributed by atoms with Gasteiger partial charge >= 0.3 is 5.97 Å². The van der Waals surface area contributed by atoms with Crippen LogP contribution in [0.4, 0.5) is 11.5 Å². The van der Waals surface area contributed by atoms with Crippen molar-refractivity contribution in [1.29, 1.82) is 0 Å². The fourth-order valence-electron chi connectivity index (χ4n) is 1.83. The molecule has 7 heteroatoms. The maximum Gasteiger partial charge on any atom is 0.328 e. The Kier molecular flexibility index (Phi) is 5.42. The highest BCUT2D eigenvalue weighted by Crippen LogP contribution is 2.20. The van der Waals surface area contributed by atoms with Crippen molar-refractivity contribution in [3.63, 3.8) is 0 Å². The van der Waals surface area contributed by atoms with Crippen molar-refractivity contribution in [1.82, 2.24) is 4.98 Å². The summed E-state index contributed by atoms with van der Waals surface area (Å²) >= 11 is 0. The lowest BCUT2D eigenvalue weighted by Gasteiger charge is -2.18. The number of methoxy groups -OCH3 is 1. The van der Waals surface area contributed by atoms with Crippen molar-refractivity contribution >= 4 is 17.5 Å². The number of aromatic nitrogens is 1. The molecule has 0 aliphatic heterocycles. The van der Waals surface area contributed by atoms with E-state index in [1.807, 2.05) is 13.8 Å². The van der Waals surface area contributed by atoms with Gasteiger partial charge in [-0.1, -0.05) is 13.8 Å². The molecule has 1 unspecified atom stereocenters. The SMILES string of the molecule is COC(=O)C(CC(C)C)Nc1cc(C)c([N+](=O)[O-])cn1. The van der Waals surface area contributed by atoms with Crippen LogP contribution in [0.25, 0.3) is 0 Å². The van der Waals surface area contributed by atoms with Gasteiger partial charge in [0.15, 0.2) is 0 Å². The fourth-order valence-corrected chi connectivity index (χ4v) is 1.83. The number of nitrogens with zero attached hydrogens (tertiary/aromatic N) is 2. The number of carbonyl (C=O) groups excluding carboxylic acids is 1. The number of carbonyl (C=O) groups is 1. The largest absolute Gasteiger partial charge is 0.467 e. The van der Waals surface area contributed by atoms with Gasteiger partial charge in [-0.2, -0.15) is 0 Å². The van der Waals surface area contributed by atoms with Gasteiger partial charge < -0.3 is 10.1 Å². The number of anilines is 1. The number of nitro groups is 1. The van der Waals surface area contributed by atoms with Gasteiger partial charge in [-0.25, -0.2) is 9.78 Å². The van der Waals surface area contributed by atoms with Gasteiger partial charge in [-0.3, -0.25) is 10.1 Å². The van der Waals surface area contributed by atoms with E-state index in [-0.39, 0.29) is 11.7 Å². The van der Waals surface area contributed by atoms with E-state index in [0.29, 0.717) is 23.7 Å². The predicted molar refractivity (Wildman–Crippen MR) is 74.5 cm³/mol. The summed E-state index contributed by atoms with van der Waals surface area (Å²) in [7, 11) is 1.33. The minimum atomic E-state index is -0.520. The molecule has 0 bridgehead atoms. The Labute approximate surface area is 117 Å². The quantitative estimate of drug-likeness (QED) is 0.488. The minimum Gasteiger partial charge on any atom is -0.467 e. The lowest BCUT2D eigenvalue weighted by molar-refractivity contribution is -0.385. The second-order valence-electron chi connectivity index (χ2n) is 4.96. The third-order valence-corrected chi connectivity index (χ3v) is 2.79. The maximum absolute atomic E-state index is 11.7. The zero-order valence-corrected chi connectivity index (χ0v) is 12.0. The van der Waals surface area contributed by atoms with Gasteiger partial charge in [-0.05, 0) is 25.3 Å². The Balaban J connectivity index is 2.91. The molecule has 0 saturated carbocycles. The molecule has 1 atom stereocenters. The standard InChI is InChI=1S/C13H19N3O4/c1-8(2)5-10(13(17)20-4)15-12-6-9(3)11(7-14-12)16(18)19/h6-8,10H,5H2,1-4H3,(H,14,15). The monoisotopic (exact) mass is 281 g/mol. The van der Waals surface area contributed by atoms with Crippen molar-refractivity contribution in [2.45, 2.75) is 33.2 Å². The Bertz CT molecular complexity index is 502. The number of esters is 1. The summed E-state index contributed by atoms with van der Waals surface area (Å²) in [5, 5.41) is 13.7. The van der Waals surface area contributed by atoms with Crippen LogP contribution in [0.2, 0.25) is 0 Å². The molecular formula is C13H19N3O4. The van der Waals surface area contributed by atoms with Gasteiger partial charge in [0, 0.05) is 5.56 Å². The van der Waals surface area contributed by atoms with E-state index in [0.717, 1.165) is 0 Å². The first kappa shape index (κ1) is 15.9. The Morgan fingerprint density at radius 3 is 2.65 bits per heavy atom. The summed E-state index contributed by atoms with van der Waals surface area (Å²) < 4.78 is 4.74. The smallest absolute Gasteiger partial charge is 0.328 e. The molecule has 0 spiro atoms. The van der Waals surface area contributed by atoms with Gasteiger partial charge in [-0.15, -0.1) is 0 Å². The summed E-state index contributed by atoms with van der Waals surface area (Å²) in [5.41, 5.74) is 0.440. The van der Waals surface area contributed by atoms with Crippen LogP contribution in [0.3, 0.4) is 0 Å². The number of aryl methyl sites for hydroxylation is 1. The summed E-state index contributed by atoms with van der Waals surface area (Å²) in [4.78, 5) is 25.9. The topological polar surface area (TPSA) is 94.4 Å². The number of pyridine rings is 1. The molecule has 0 aliphatic rings. The number of hydrogen-bond donors (Lipinski definition) is 1. The molecule has 0 aromatic carbocycles. The second kappa shape index (κ2) is 6.83. The highest BCUT2D eigenvalue weighted by Gasteiger charge is 2.21. The molecule has 0 fully saturated rings. The third-order valence-electron chi connectivity index (χ3n) is 2.79. The number of hydrogen-bond acceptors (Lipinski definition) is 6. The maximum atomic E-state index is 11.7. The van der Waals surface area contributed by atoms with Crippen molar-refractivity contribution < 1.29 is 14.5 Å². The third kappa shape index (κ3) is 4.18. The zero-order valence-electron chi connectivity index (χ0n) is 12.0. The number of ether oxygens (including phenoxy) is 1. The number of nitrogens with one attached hydrogen (secondary N) is 1. The van der Waals surface area contributed by atoms with Crippen LogP contribution in [-0.4, -0.2) is 29.0 Å². The van der Waals surface area contributed by atoms with Crippen LogP contribution >= 0.6 is 0 Å². The molecule has 1 aromatic rings. The Hall–Kier alpha value is -2.18. The van der Waals surface area contributed by atoms with Crippen LogP contribution in [-0.2, 0) is 9.53 Å². The summed E-state index contributed by atoms with van der Waals surface area (Å²) in [5.74, 6) is 0.339. The average molecular weight is 281 g/mol. The minimum absolute atomic E-state index is 0.0472. The molecule has 0 saturated heterocycles. The molecule has 0 aliphatic carbocycles. The van der Waals surface area contributed by atoms with Crippen molar-refractivity contribution in [3.05, 3.63) is 27.9 Å². The molecule has 0 radical (unpaired) electrons. The van der Waals surface area contributed by atoms with E-state index >= 15 is 0 Å². The van der Waals surface area contributed by atoms with E-state index in [1.165, 1.54) is 13.3 Å². The molecule has 1 N–H and O–H groups in total. The summed E-state index contributed by atoms with van der Waals surface area (Å²) in [6.45, 7) is 5.61. The van der Waals surface area contributed by atoms with Crippen LogP contribution in [0, 0.1) is 23.0 Å². The second-order valence-corrected chi connectivity index (χ2v) is 4.96. The molecule has 1 rings (SSSR count). The lowest BCUT2D eigenvalue weighted by atomic mass is 10.0. The summed E-state index contributed by atoms with van der Waals surface area (Å²) in [6, 6.07) is 1.03. The normalized spacial score (nSPS) is 12.1. The molecule has 1 heterocycles. The van der Waals surface area contributed by atoms with Crippen LogP contribution in [0.15, 0.2) is 12.3 Å². The van der Waals surface area contributed by atoms with Crippen molar-refractivity contribution in [2.75, 3.05) is 12.4 Å². The van der Waals surface area contributed by atoms with Crippen LogP contribution < -0.4 is 5.32 Å². The van der Waals surface area contributed by atoms with E-state index < -0.39 is 11.0 Å². The van der Waals surface area contributed by atoms with Gasteiger partial charge in [0.05, 0.1) is 12.0 Å². The molecular weight excluding hydrogens is 262 g/mol. The Morgan fingerprint density at radius 1 is 1.55 bits per heavy atom. The van der Waals surface area contributed by atoms with E-state index in [1.54, 1.807) is 13.0 Å². The van der Waals surface area contributed by atoms with Crippen molar-refractivity contribution in [2.24, 2.45) is 5.92 Å². The summed E-state index contributed by atoms with van der Waals surface area (Å²) in [6.07, 6.45) is 1.77. The van der Waals surface area contributed by atoms with Gasteiger partial charge in [0.2, 0.25) is 0 Å². The van der Waals surface area contributed by atoms with Crippen LogP contribution in [0.5, 0.6) is 0 Å². The Morgan fingerprint density at radius 2 is 2.20 bits per heavy atom. The highest BCUT2D eigenvalue weighted by atomic mass is 16.6. The van der Waals surface area contributed by atoms with E-state index in [9.17, 15) is 14.9 Å². The van der Waals surface area contributed by atoms with E-state index in [2.05, 4.69) is 10.3 Å². The molecule has 20 heavy (non-hydrogen) atoms. The number of rotatable bonds is 6. The average Bonchev–Trinajstić information content (AvgIpc) is 2.36. The first-order valence-corrected chi connectivity index (χ1v) is 6.30. The molecule has 1 aromatic heterocycles. The van der Waals surface area contributed by atoms with E-state index in [4.69, 9.17) is 4.74 Å². The first-order valence-electron chi connectivity index (χ1n) is 6.30. The molecule has 0 amide bonds. The fraction of sp³-hybridized carbons (Fsp3) is 0.538. The first-order chi connectivity index (χ1) is 9.35. The molecule has 110 valence electrons. The van der Waals surface area contributed by atoms with Gasteiger partial charge in [0.1, 0.15) is 18.1 Å². The van der Waals surface area contributed by atoms with Gasteiger partial charge in [0.25, 0.3) is 5.69 Å².